The largest absolute Gasteiger partial charge is 0.309 e. The van der Waals surface area contributed by atoms with Crippen molar-refractivity contribution in [3.8, 4) is 28.8 Å². The zero-order chi connectivity index (χ0) is 46.6. The lowest BCUT2D eigenvalue weighted by molar-refractivity contribution is 1.06. The van der Waals surface area contributed by atoms with E-state index in [0.29, 0.717) is 5.56 Å². The van der Waals surface area contributed by atoms with Crippen molar-refractivity contribution in [3.63, 3.8) is 0 Å². The quantitative estimate of drug-likeness (QED) is 0.161. The fourth-order valence-corrected chi connectivity index (χ4v) is 10.9. The monoisotopic (exact) mass is 897 g/mol. The Morgan fingerprint density at radius 1 is 0.357 bits per heavy atom. The van der Waals surface area contributed by atoms with Gasteiger partial charge in [0.2, 0.25) is 11.6 Å². The van der Waals surface area contributed by atoms with Gasteiger partial charge in [0.15, 0.2) is 0 Å². The van der Waals surface area contributed by atoms with Crippen molar-refractivity contribution in [1.82, 2.24) is 37.0 Å². The van der Waals surface area contributed by atoms with Crippen LogP contribution in [0.1, 0.15) is 5.56 Å². The van der Waals surface area contributed by atoms with Crippen molar-refractivity contribution >= 4 is 99.3 Å². The molecule has 6 aromatic heterocycles. The molecule has 0 amide bonds. The molecule has 0 atom stereocenters. The summed E-state index contributed by atoms with van der Waals surface area (Å²) in [7, 11) is 0. The van der Waals surface area contributed by atoms with Crippen molar-refractivity contribution in [2.45, 2.75) is 0 Å². The molecule has 70 heavy (non-hydrogen) atoms. The van der Waals surface area contributed by atoms with Gasteiger partial charge in [-0.3, -0.25) is 17.9 Å². The van der Waals surface area contributed by atoms with E-state index in [9.17, 15) is 5.26 Å². The van der Waals surface area contributed by atoms with Crippen LogP contribution in [0.2, 0.25) is 0 Å². The molecule has 0 spiro atoms. The smallest absolute Gasteiger partial charge is 0.220 e. The number of allylic oxidation sites excluding steroid dienone is 2. The molecule has 9 nitrogen and oxygen atoms in total. The third-order valence-electron chi connectivity index (χ3n) is 13.8. The van der Waals surface area contributed by atoms with Gasteiger partial charge in [0.25, 0.3) is 0 Å². The number of nitrogens with zero attached hydrogens (tertiary/aromatic N) is 9. The van der Waals surface area contributed by atoms with Gasteiger partial charge in [0, 0.05) is 32.9 Å². The van der Waals surface area contributed by atoms with E-state index >= 15 is 0 Å². The Balaban J connectivity index is 0.00000111. The minimum Gasteiger partial charge on any atom is -0.309 e. The fourth-order valence-electron chi connectivity index (χ4n) is 10.9. The number of benzene rings is 9. The molecule has 0 saturated carbocycles. The van der Waals surface area contributed by atoms with Crippen LogP contribution in [0, 0.1) is 11.3 Å². The Morgan fingerprint density at radius 3 is 1.09 bits per heavy atom. The van der Waals surface area contributed by atoms with Gasteiger partial charge in [-0.2, -0.15) is 5.26 Å². The van der Waals surface area contributed by atoms with Gasteiger partial charge in [-0.15, -0.1) is 0 Å². The molecule has 0 unspecified atom stereocenters. The minimum atomic E-state index is 0.508. The molecule has 0 radical (unpaired) electrons. The lowest BCUT2D eigenvalue weighted by Crippen LogP contribution is -2.05. The summed E-state index contributed by atoms with van der Waals surface area (Å²) in [5.74, 6) is 1.45. The van der Waals surface area contributed by atoms with E-state index in [4.69, 9.17) is 9.97 Å². The molecule has 328 valence electrons. The third-order valence-corrected chi connectivity index (χ3v) is 13.8. The molecule has 0 aliphatic rings. The number of aromatic nitrogens is 8. The summed E-state index contributed by atoms with van der Waals surface area (Å²) in [5, 5.41) is 16.3. The van der Waals surface area contributed by atoms with Gasteiger partial charge in [-0.25, -0.2) is 9.97 Å². The van der Waals surface area contributed by atoms with E-state index in [1.807, 2.05) is 30.3 Å². The number of fused-ring (bicyclic) bond motifs is 16. The summed E-state index contributed by atoms with van der Waals surface area (Å²) in [5.41, 5.74) is 16.2. The zero-order valence-electron chi connectivity index (χ0n) is 37.6. The van der Waals surface area contributed by atoms with Gasteiger partial charge in [-0.1, -0.05) is 128 Å². The molecule has 0 bridgehead atoms. The summed E-state index contributed by atoms with van der Waals surface area (Å²) < 4.78 is 13.5. The lowest BCUT2D eigenvalue weighted by Gasteiger charge is -2.14. The van der Waals surface area contributed by atoms with Crippen molar-refractivity contribution in [2.24, 2.45) is 0 Å². The molecule has 0 aliphatic heterocycles. The Labute approximate surface area is 399 Å². The van der Waals surface area contributed by atoms with Crippen LogP contribution >= 0.6 is 0 Å². The maximum Gasteiger partial charge on any atom is 0.220 e. The van der Waals surface area contributed by atoms with Crippen LogP contribution in [0.4, 0.5) is 0 Å². The maximum atomic E-state index is 11.5. The van der Waals surface area contributed by atoms with Crippen LogP contribution in [0.25, 0.3) is 122 Å². The van der Waals surface area contributed by atoms with E-state index in [2.05, 4.69) is 216 Å². The second kappa shape index (κ2) is 15.1. The van der Waals surface area contributed by atoms with Crippen LogP contribution in [0.5, 0.6) is 0 Å². The van der Waals surface area contributed by atoms with Gasteiger partial charge < -0.3 is 9.13 Å². The summed E-state index contributed by atoms with van der Waals surface area (Å²) >= 11 is 0. The van der Waals surface area contributed by atoms with Crippen molar-refractivity contribution in [3.05, 3.63) is 231 Å². The highest BCUT2D eigenvalue weighted by atomic mass is 15.2. The first-order chi connectivity index (χ1) is 34.6. The lowest BCUT2D eigenvalue weighted by atomic mass is 10.1. The minimum absolute atomic E-state index is 0.508. The summed E-state index contributed by atoms with van der Waals surface area (Å²) in [6, 6.07) is 72.9. The zero-order valence-corrected chi connectivity index (χ0v) is 37.6. The highest BCUT2D eigenvalue weighted by Crippen LogP contribution is 2.39. The van der Waals surface area contributed by atoms with Crippen LogP contribution in [0.15, 0.2) is 226 Å². The number of hydrogen-bond acceptors (Lipinski definition) is 3. The maximum absolute atomic E-state index is 11.5. The van der Waals surface area contributed by atoms with E-state index in [1.165, 1.54) is 21.5 Å². The van der Waals surface area contributed by atoms with Crippen LogP contribution in [-0.4, -0.2) is 37.0 Å². The molecular weight excluding hydrogens is 859 g/mol. The summed E-state index contributed by atoms with van der Waals surface area (Å²) in [6.07, 6.45) is 3.28. The molecule has 0 aliphatic carbocycles. The molecule has 0 N–H and O–H groups in total. The normalized spacial score (nSPS) is 11.8. The molecule has 6 heterocycles. The first-order valence-electron chi connectivity index (χ1n) is 23.2. The average Bonchev–Trinajstić information content (AvgIpc) is 4.26. The van der Waals surface area contributed by atoms with Crippen molar-refractivity contribution in [2.75, 3.05) is 0 Å². The molecular formula is C61H39N9. The average molecular weight is 898 g/mol. The van der Waals surface area contributed by atoms with Crippen molar-refractivity contribution < 1.29 is 0 Å². The molecule has 0 saturated heterocycles. The van der Waals surface area contributed by atoms with Gasteiger partial charge >= 0.3 is 0 Å². The Bertz CT molecular complexity index is 4330. The van der Waals surface area contributed by atoms with E-state index in [1.54, 1.807) is 12.2 Å². The number of imidazole rings is 4. The van der Waals surface area contributed by atoms with Crippen LogP contribution in [0.3, 0.4) is 0 Å². The predicted octanol–water partition coefficient (Wildman–Crippen LogP) is 14.6. The second-order valence-electron chi connectivity index (χ2n) is 17.5. The first-order valence-corrected chi connectivity index (χ1v) is 23.2. The molecule has 0 fully saturated rings. The number of nitriles is 1. The standard InChI is InChI=1S/C57H33N9.C4H6/c58-34-41-48(63-52-30-28-35(32-54(52)65-50-24-11-5-18-42(50)59-56(63)65)61-44-20-7-1-14-37(44)38-15-2-8-21-45(38)61)26-13-27-49(41)64-53-31-29-36(33-55(53)66-51-25-12-6-19-43(51)60-57(64)66)62-46-22-9-3-16-39(46)40-17-4-10-23-47(40)62;1-3-4-2/h1-33H;3-4H,1-2H2. The molecule has 15 rings (SSSR count). The predicted molar refractivity (Wildman–Crippen MR) is 286 cm³/mol. The highest BCUT2D eigenvalue weighted by molar-refractivity contribution is 6.11. The van der Waals surface area contributed by atoms with Gasteiger partial charge in [0.1, 0.15) is 11.6 Å². The highest BCUT2D eigenvalue weighted by Gasteiger charge is 2.25. The van der Waals surface area contributed by atoms with Crippen LogP contribution in [-0.2, 0) is 0 Å². The molecule has 15 aromatic rings. The van der Waals surface area contributed by atoms with E-state index in [0.717, 1.165) is 101 Å². The van der Waals surface area contributed by atoms with Gasteiger partial charge in [-0.05, 0) is 97.1 Å². The number of hydrogen-bond donors (Lipinski definition) is 0. The fraction of sp³-hybridized carbons (Fsp3) is 0. The Hall–Kier alpha value is -9.91. The van der Waals surface area contributed by atoms with E-state index in [-0.39, 0.29) is 0 Å². The van der Waals surface area contributed by atoms with E-state index < -0.39 is 0 Å². The summed E-state index contributed by atoms with van der Waals surface area (Å²) in [4.78, 5) is 10.6. The SMILES string of the molecule is C=CC=C.N#Cc1c(-n2c3ccc(-n4c5ccccc5c5ccccc54)cc3n3c4ccccc4nc23)cccc1-n1c2ccc(-n3c4ccccc4c4ccccc43)cc2n2c3ccccc3nc12. The summed E-state index contributed by atoms with van der Waals surface area (Å²) in [6.45, 7) is 6.72. The number of para-hydroxylation sites is 8. The Morgan fingerprint density at radius 2 is 0.714 bits per heavy atom. The topological polar surface area (TPSA) is 78.1 Å². The number of rotatable bonds is 5. The van der Waals surface area contributed by atoms with Crippen molar-refractivity contribution in [1.29, 1.82) is 5.26 Å². The third kappa shape index (κ3) is 5.41. The first kappa shape index (κ1) is 39.3. The van der Waals surface area contributed by atoms with Gasteiger partial charge in [0.05, 0.1) is 77.6 Å². The molecule has 9 heteroatoms. The van der Waals surface area contributed by atoms with Crippen LogP contribution < -0.4 is 0 Å². The second-order valence-corrected chi connectivity index (χ2v) is 17.5. The Kier molecular flexibility index (Phi) is 8.45. The molecule has 9 aromatic carbocycles.